The number of ether oxygens (including phenoxy) is 1. The Bertz CT molecular complexity index is 644. The normalized spacial score (nSPS) is 10.3. The van der Waals surface area contributed by atoms with Gasteiger partial charge < -0.3 is 4.74 Å². The number of aryl methyl sites for hydroxylation is 2. The molecular formula is C13H11BrN2O3. The fourth-order valence-electron chi connectivity index (χ4n) is 1.60. The number of aromatic nitrogens is 1. The molecule has 19 heavy (non-hydrogen) atoms. The molecule has 0 fully saturated rings. The molecule has 0 aliphatic rings. The summed E-state index contributed by atoms with van der Waals surface area (Å²) in [7, 11) is 0. The Morgan fingerprint density at radius 2 is 2.05 bits per heavy atom. The quantitative estimate of drug-likeness (QED) is 0.628. The van der Waals surface area contributed by atoms with E-state index in [0.29, 0.717) is 5.88 Å². The first-order chi connectivity index (χ1) is 8.97. The molecule has 0 spiro atoms. The Balaban J connectivity index is 2.40. The molecule has 0 saturated carbocycles. The number of hydrogen-bond donors (Lipinski definition) is 0. The standard InChI is InChI=1S/C13H11BrN2O3/c1-8-3-4-12(11(5-8)16(17)18)19-13-9(2)6-10(14)7-15-13/h3-7H,1-2H3. The highest BCUT2D eigenvalue weighted by molar-refractivity contribution is 9.10. The van der Waals surface area contributed by atoms with Crippen LogP contribution in [-0.2, 0) is 0 Å². The number of nitrogens with zero attached hydrogens (tertiary/aromatic N) is 2. The molecule has 2 aromatic rings. The molecule has 1 heterocycles. The molecule has 0 N–H and O–H groups in total. The van der Waals surface area contributed by atoms with E-state index < -0.39 is 4.92 Å². The lowest BCUT2D eigenvalue weighted by atomic mass is 10.2. The molecule has 0 unspecified atom stereocenters. The first-order valence-electron chi connectivity index (χ1n) is 5.52. The average Bonchev–Trinajstić information content (AvgIpc) is 2.34. The first-order valence-corrected chi connectivity index (χ1v) is 6.31. The molecule has 6 heteroatoms. The fraction of sp³-hybridized carbons (Fsp3) is 0.154. The lowest BCUT2D eigenvalue weighted by Crippen LogP contribution is -1.96. The number of hydrogen-bond acceptors (Lipinski definition) is 4. The molecule has 5 nitrogen and oxygen atoms in total. The van der Waals surface area contributed by atoms with E-state index in [0.717, 1.165) is 15.6 Å². The van der Waals surface area contributed by atoms with Crippen LogP contribution in [-0.4, -0.2) is 9.91 Å². The summed E-state index contributed by atoms with van der Waals surface area (Å²) in [5, 5.41) is 11.0. The van der Waals surface area contributed by atoms with Crippen molar-refractivity contribution in [1.82, 2.24) is 4.98 Å². The second kappa shape index (κ2) is 5.36. The molecule has 0 amide bonds. The van der Waals surface area contributed by atoms with Crippen LogP contribution in [0.5, 0.6) is 11.6 Å². The SMILES string of the molecule is Cc1ccc(Oc2ncc(Br)cc2C)c([N+](=O)[O-])c1. The molecule has 0 bridgehead atoms. The van der Waals surface area contributed by atoms with E-state index in [1.165, 1.54) is 6.07 Å². The summed E-state index contributed by atoms with van der Waals surface area (Å²) in [5.74, 6) is 0.545. The van der Waals surface area contributed by atoms with Crippen LogP contribution in [0.1, 0.15) is 11.1 Å². The number of halogens is 1. The van der Waals surface area contributed by atoms with E-state index in [-0.39, 0.29) is 11.4 Å². The van der Waals surface area contributed by atoms with Gasteiger partial charge in [-0.2, -0.15) is 0 Å². The fourth-order valence-corrected chi connectivity index (χ4v) is 2.04. The molecular weight excluding hydrogens is 312 g/mol. The third kappa shape index (κ3) is 3.08. The van der Waals surface area contributed by atoms with Crippen LogP contribution in [0.4, 0.5) is 5.69 Å². The highest BCUT2D eigenvalue weighted by atomic mass is 79.9. The molecule has 0 saturated heterocycles. The lowest BCUT2D eigenvalue weighted by Gasteiger charge is -2.08. The third-order valence-electron chi connectivity index (χ3n) is 2.51. The maximum Gasteiger partial charge on any atom is 0.311 e. The van der Waals surface area contributed by atoms with E-state index in [9.17, 15) is 10.1 Å². The molecule has 0 aliphatic heterocycles. The Morgan fingerprint density at radius 1 is 1.32 bits per heavy atom. The highest BCUT2D eigenvalue weighted by Gasteiger charge is 2.17. The Morgan fingerprint density at radius 3 is 2.68 bits per heavy atom. The van der Waals surface area contributed by atoms with Gasteiger partial charge in [0.25, 0.3) is 0 Å². The number of nitro groups is 1. The van der Waals surface area contributed by atoms with Gasteiger partial charge in [-0.15, -0.1) is 0 Å². The summed E-state index contributed by atoms with van der Waals surface area (Å²) in [6.07, 6.45) is 1.59. The van der Waals surface area contributed by atoms with Crippen LogP contribution in [0.15, 0.2) is 34.9 Å². The number of pyridine rings is 1. The lowest BCUT2D eigenvalue weighted by molar-refractivity contribution is -0.385. The molecule has 1 aromatic heterocycles. The number of benzene rings is 1. The maximum absolute atomic E-state index is 11.0. The molecule has 0 radical (unpaired) electrons. The summed E-state index contributed by atoms with van der Waals surface area (Å²) in [4.78, 5) is 14.6. The molecule has 1 aromatic carbocycles. The first kappa shape index (κ1) is 13.5. The Labute approximate surface area is 118 Å². The van der Waals surface area contributed by atoms with E-state index in [1.54, 1.807) is 25.3 Å². The van der Waals surface area contributed by atoms with Crippen molar-refractivity contribution in [2.75, 3.05) is 0 Å². The maximum atomic E-state index is 11.0. The number of rotatable bonds is 3. The van der Waals surface area contributed by atoms with E-state index >= 15 is 0 Å². The van der Waals surface area contributed by atoms with Crippen molar-refractivity contribution in [3.8, 4) is 11.6 Å². The van der Waals surface area contributed by atoms with Crippen molar-refractivity contribution in [3.05, 3.63) is 56.2 Å². The van der Waals surface area contributed by atoms with E-state index in [2.05, 4.69) is 20.9 Å². The molecule has 98 valence electrons. The van der Waals surface area contributed by atoms with Gasteiger partial charge in [-0.05, 0) is 47.5 Å². The second-order valence-corrected chi connectivity index (χ2v) is 5.02. The van der Waals surface area contributed by atoms with Crippen LogP contribution in [0.25, 0.3) is 0 Å². The predicted octanol–water partition coefficient (Wildman–Crippen LogP) is 4.16. The highest BCUT2D eigenvalue weighted by Crippen LogP contribution is 2.32. The van der Waals surface area contributed by atoms with Gasteiger partial charge in [0, 0.05) is 22.3 Å². The van der Waals surface area contributed by atoms with Gasteiger partial charge in [0.1, 0.15) is 0 Å². The topological polar surface area (TPSA) is 65.3 Å². The zero-order valence-electron chi connectivity index (χ0n) is 10.4. The Hall–Kier alpha value is -1.95. The van der Waals surface area contributed by atoms with Gasteiger partial charge in [0.15, 0.2) is 0 Å². The van der Waals surface area contributed by atoms with Crippen molar-refractivity contribution in [3.63, 3.8) is 0 Å². The van der Waals surface area contributed by atoms with Crippen LogP contribution >= 0.6 is 15.9 Å². The van der Waals surface area contributed by atoms with E-state index in [4.69, 9.17) is 4.74 Å². The van der Waals surface area contributed by atoms with Crippen molar-refractivity contribution >= 4 is 21.6 Å². The minimum atomic E-state index is -0.462. The van der Waals surface area contributed by atoms with Crippen LogP contribution in [0.2, 0.25) is 0 Å². The van der Waals surface area contributed by atoms with Gasteiger partial charge in [0.05, 0.1) is 4.92 Å². The van der Waals surface area contributed by atoms with Crippen molar-refractivity contribution in [1.29, 1.82) is 0 Å². The van der Waals surface area contributed by atoms with Crippen molar-refractivity contribution in [2.45, 2.75) is 13.8 Å². The summed E-state index contributed by atoms with van der Waals surface area (Å²) in [6.45, 7) is 3.62. The van der Waals surface area contributed by atoms with Crippen LogP contribution < -0.4 is 4.74 Å². The third-order valence-corrected chi connectivity index (χ3v) is 2.95. The van der Waals surface area contributed by atoms with Crippen molar-refractivity contribution in [2.24, 2.45) is 0 Å². The minimum Gasteiger partial charge on any atom is -0.432 e. The van der Waals surface area contributed by atoms with Crippen LogP contribution in [0, 0.1) is 24.0 Å². The summed E-state index contributed by atoms with van der Waals surface area (Å²) >= 11 is 3.30. The second-order valence-electron chi connectivity index (χ2n) is 4.11. The van der Waals surface area contributed by atoms with Gasteiger partial charge >= 0.3 is 5.69 Å². The number of nitro benzene ring substituents is 1. The molecule has 0 aliphatic carbocycles. The monoisotopic (exact) mass is 322 g/mol. The van der Waals surface area contributed by atoms with Gasteiger partial charge in [-0.1, -0.05) is 6.07 Å². The van der Waals surface area contributed by atoms with Gasteiger partial charge in [-0.25, -0.2) is 4.98 Å². The zero-order valence-corrected chi connectivity index (χ0v) is 12.0. The molecule has 0 atom stereocenters. The summed E-state index contributed by atoms with van der Waals surface area (Å²) in [6, 6.07) is 6.65. The van der Waals surface area contributed by atoms with Crippen LogP contribution in [0.3, 0.4) is 0 Å². The smallest absolute Gasteiger partial charge is 0.311 e. The Kier molecular flexibility index (Phi) is 3.80. The average molecular weight is 323 g/mol. The largest absolute Gasteiger partial charge is 0.432 e. The molecule has 2 rings (SSSR count). The summed E-state index contributed by atoms with van der Waals surface area (Å²) < 4.78 is 6.37. The predicted molar refractivity (Wildman–Crippen MR) is 74.6 cm³/mol. The van der Waals surface area contributed by atoms with Gasteiger partial charge in [0.2, 0.25) is 11.6 Å². The minimum absolute atomic E-state index is 0.0656. The van der Waals surface area contributed by atoms with E-state index in [1.807, 2.05) is 13.0 Å². The zero-order chi connectivity index (χ0) is 14.0. The summed E-state index contributed by atoms with van der Waals surface area (Å²) in [5.41, 5.74) is 1.54. The van der Waals surface area contributed by atoms with Crippen molar-refractivity contribution < 1.29 is 9.66 Å². The van der Waals surface area contributed by atoms with Gasteiger partial charge in [-0.3, -0.25) is 10.1 Å².